The maximum Gasteiger partial charge on any atom is 0.328 e. The largest absolute Gasteiger partial charge is 0.467 e. The average Bonchev–Trinajstić information content (AvgIpc) is 3.08. The van der Waals surface area contributed by atoms with Crippen LogP contribution in [0.2, 0.25) is 5.02 Å². The highest BCUT2D eigenvalue weighted by Crippen LogP contribution is 2.20. The van der Waals surface area contributed by atoms with Crippen LogP contribution in [0.1, 0.15) is 22.5 Å². The molecule has 0 aliphatic heterocycles. The maximum atomic E-state index is 12.6. The van der Waals surface area contributed by atoms with Crippen LogP contribution >= 0.6 is 11.6 Å². The van der Waals surface area contributed by atoms with Crippen molar-refractivity contribution in [3.8, 4) is 0 Å². The summed E-state index contributed by atoms with van der Waals surface area (Å²) >= 11 is 5.97. The zero-order chi connectivity index (χ0) is 18.5. The van der Waals surface area contributed by atoms with Gasteiger partial charge in [0, 0.05) is 15.9 Å². The summed E-state index contributed by atoms with van der Waals surface area (Å²) in [6, 6.07) is 16.1. The normalized spacial score (nSPS) is 11.9. The van der Waals surface area contributed by atoms with E-state index in [-0.39, 0.29) is 5.91 Å². The Labute approximate surface area is 156 Å². The summed E-state index contributed by atoms with van der Waals surface area (Å²) in [5, 5.41) is 4.21. The maximum absolute atomic E-state index is 12.6. The molecule has 134 valence electrons. The molecule has 2 aromatic carbocycles. The molecule has 0 fully saturated rings. The molecule has 3 aromatic rings. The predicted molar refractivity (Wildman–Crippen MR) is 101 cm³/mol. The molecule has 0 saturated carbocycles. The molecular formula is C20H19ClN2O3. The predicted octanol–water partition coefficient (Wildman–Crippen LogP) is 3.73. The Balaban J connectivity index is 1.72. The number of nitrogens with one attached hydrogen (secondary N) is 2. The number of esters is 1. The number of ether oxygens (including phenoxy) is 1. The van der Waals surface area contributed by atoms with Crippen molar-refractivity contribution in [3.05, 3.63) is 70.9 Å². The molecule has 1 atom stereocenters. The van der Waals surface area contributed by atoms with Crippen LogP contribution in [0.5, 0.6) is 0 Å². The van der Waals surface area contributed by atoms with Gasteiger partial charge < -0.3 is 15.0 Å². The number of hydrogen-bond acceptors (Lipinski definition) is 3. The quantitative estimate of drug-likeness (QED) is 0.649. The summed E-state index contributed by atoms with van der Waals surface area (Å²) in [5.74, 6) is -0.825. The number of carbonyl (C=O) groups excluding carboxylic acids is 2. The van der Waals surface area contributed by atoms with Crippen molar-refractivity contribution >= 4 is 34.4 Å². The van der Waals surface area contributed by atoms with Crippen LogP contribution in [0.4, 0.5) is 0 Å². The molecule has 1 aromatic heterocycles. The number of hydrogen-bond donors (Lipinski definition) is 2. The van der Waals surface area contributed by atoms with Gasteiger partial charge in [0.2, 0.25) is 0 Å². The van der Waals surface area contributed by atoms with Gasteiger partial charge in [-0.3, -0.25) is 4.79 Å². The van der Waals surface area contributed by atoms with E-state index in [0.29, 0.717) is 23.6 Å². The van der Waals surface area contributed by atoms with Gasteiger partial charge >= 0.3 is 5.97 Å². The Morgan fingerprint density at radius 2 is 1.92 bits per heavy atom. The highest BCUT2D eigenvalue weighted by atomic mass is 35.5. The third-order valence-electron chi connectivity index (χ3n) is 4.18. The first-order valence-corrected chi connectivity index (χ1v) is 8.65. The fourth-order valence-electron chi connectivity index (χ4n) is 2.80. The molecule has 1 amide bonds. The highest BCUT2D eigenvalue weighted by Gasteiger charge is 2.22. The van der Waals surface area contributed by atoms with Gasteiger partial charge in [-0.15, -0.1) is 0 Å². The van der Waals surface area contributed by atoms with Crippen LogP contribution in [0.3, 0.4) is 0 Å². The minimum absolute atomic E-state index is 0.360. The number of benzene rings is 2. The van der Waals surface area contributed by atoms with Crippen LogP contribution in [0.15, 0.2) is 54.6 Å². The zero-order valence-electron chi connectivity index (χ0n) is 14.3. The summed E-state index contributed by atoms with van der Waals surface area (Å²) in [6.45, 7) is 0. The first-order valence-electron chi connectivity index (χ1n) is 8.27. The molecule has 0 spiro atoms. The van der Waals surface area contributed by atoms with E-state index in [1.807, 2.05) is 36.4 Å². The lowest BCUT2D eigenvalue weighted by molar-refractivity contribution is -0.143. The number of H-pyrrole nitrogens is 1. The highest BCUT2D eigenvalue weighted by molar-refractivity contribution is 6.31. The number of carbonyl (C=O) groups is 2. The van der Waals surface area contributed by atoms with Crippen molar-refractivity contribution in [1.82, 2.24) is 10.3 Å². The fourth-order valence-corrected chi connectivity index (χ4v) is 2.98. The van der Waals surface area contributed by atoms with E-state index in [2.05, 4.69) is 10.3 Å². The minimum atomic E-state index is -0.720. The fraction of sp³-hybridized carbons (Fsp3) is 0.200. The van der Waals surface area contributed by atoms with Gasteiger partial charge in [-0.1, -0.05) is 48.0 Å². The summed E-state index contributed by atoms with van der Waals surface area (Å²) in [6.07, 6.45) is 1.11. The Hall–Kier alpha value is -2.79. The van der Waals surface area contributed by atoms with Crippen molar-refractivity contribution in [1.29, 1.82) is 0 Å². The van der Waals surface area contributed by atoms with E-state index in [1.54, 1.807) is 18.2 Å². The minimum Gasteiger partial charge on any atom is -0.467 e. The van der Waals surface area contributed by atoms with Crippen molar-refractivity contribution in [2.75, 3.05) is 7.11 Å². The van der Waals surface area contributed by atoms with Gasteiger partial charge in [0.25, 0.3) is 5.91 Å². The summed E-state index contributed by atoms with van der Waals surface area (Å²) in [7, 11) is 1.31. The summed E-state index contributed by atoms with van der Waals surface area (Å²) < 4.78 is 4.83. The molecule has 1 heterocycles. The van der Waals surface area contributed by atoms with Gasteiger partial charge in [-0.05, 0) is 36.6 Å². The molecule has 1 unspecified atom stereocenters. The van der Waals surface area contributed by atoms with Crippen molar-refractivity contribution < 1.29 is 14.3 Å². The van der Waals surface area contributed by atoms with Crippen molar-refractivity contribution in [2.24, 2.45) is 0 Å². The van der Waals surface area contributed by atoms with E-state index in [4.69, 9.17) is 16.3 Å². The van der Waals surface area contributed by atoms with Gasteiger partial charge in [-0.25, -0.2) is 4.79 Å². The number of methoxy groups -OCH3 is 1. The van der Waals surface area contributed by atoms with Gasteiger partial charge in [0.05, 0.1) is 7.11 Å². The van der Waals surface area contributed by atoms with Crippen LogP contribution < -0.4 is 5.32 Å². The molecule has 26 heavy (non-hydrogen) atoms. The molecule has 0 aliphatic carbocycles. The summed E-state index contributed by atoms with van der Waals surface area (Å²) in [5.41, 5.74) is 2.23. The third kappa shape index (κ3) is 4.24. The molecule has 5 nitrogen and oxygen atoms in total. The Morgan fingerprint density at radius 3 is 2.65 bits per heavy atom. The molecule has 3 rings (SSSR count). The molecule has 0 saturated heterocycles. The summed E-state index contributed by atoms with van der Waals surface area (Å²) in [4.78, 5) is 27.6. The van der Waals surface area contributed by atoms with Crippen LogP contribution in [-0.2, 0) is 16.0 Å². The molecule has 0 aliphatic rings. The second-order valence-corrected chi connectivity index (χ2v) is 6.42. The van der Waals surface area contributed by atoms with E-state index in [1.165, 1.54) is 7.11 Å². The van der Waals surface area contributed by atoms with Gasteiger partial charge in [0.1, 0.15) is 11.7 Å². The number of halogens is 1. The number of aryl methyl sites for hydroxylation is 1. The SMILES string of the molecule is COC(=O)C(CCc1ccccc1)NC(=O)c1cc2ccc(Cl)cc2[nH]1. The Bertz CT molecular complexity index is 921. The van der Waals surface area contributed by atoms with Crippen LogP contribution in [-0.4, -0.2) is 30.0 Å². The first-order chi connectivity index (χ1) is 12.6. The van der Waals surface area contributed by atoms with E-state index in [0.717, 1.165) is 16.5 Å². The first kappa shape index (κ1) is 18.0. The second kappa shape index (κ2) is 8.06. The molecule has 6 heteroatoms. The Kier molecular flexibility index (Phi) is 5.58. The number of aromatic nitrogens is 1. The lowest BCUT2D eigenvalue weighted by atomic mass is 10.1. The van der Waals surface area contributed by atoms with Crippen molar-refractivity contribution in [3.63, 3.8) is 0 Å². The van der Waals surface area contributed by atoms with E-state index < -0.39 is 12.0 Å². The number of amides is 1. The topological polar surface area (TPSA) is 71.2 Å². The number of aromatic amines is 1. The van der Waals surface area contributed by atoms with Crippen LogP contribution in [0, 0.1) is 0 Å². The third-order valence-corrected chi connectivity index (χ3v) is 4.42. The lowest BCUT2D eigenvalue weighted by Crippen LogP contribution is -2.42. The van der Waals surface area contributed by atoms with Crippen molar-refractivity contribution in [2.45, 2.75) is 18.9 Å². The Morgan fingerprint density at radius 1 is 1.15 bits per heavy atom. The zero-order valence-corrected chi connectivity index (χ0v) is 15.0. The monoisotopic (exact) mass is 370 g/mol. The van der Waals surface area contributed by atoms with Crippen LogP contribution in [0.25, 0.3) is 10.9 Å². The van der Waals surface area contributed by atoms with Gasteiger partial charge in [0.15, 0.2) is 0 Å². The number of rotatable bonds is 6. The molecule has 0 radical (unpaired) electrons. The smallest absolute Gasteiger partial charge is 0.328 e. The second-order valence-electron chi connectivity index (χ2n) is 5.99. The number of fused-ring (bicyclic) bond motifs is 1. The molecular weight excluding hydrogens is 352 g/mol. The standard InChI is InChI=1S/C20H19ClN2O3/c1-26-20(25)16(10-7-13-5-3-2-4-6-13)23-19(24)18-11-14-8-9-15(21)12-17(14)22-18/h2-6,8-9,11-12,16,22H,7,10H2,1H3,(H,23,24). The molecule has 0 bridgehead atoms. The lowest BCUT2D eigenvalue weighted by Gasteiger charge is -2.16. The van der Waals surface area contributed by atoms with Gasteiger partial charge in [-0.2, -0.15) is 0 Å². The average molecular weight is 371 g/mol. The van der Waals surface area contributed by atoms with E-state index in [9.17, 15) is 9.59 Å². The van der Waals surface area contributed by atoms with E-state index >= 15 is 0 Å². The molecule has 2 N–H and O–H groups in total.